The molecule has 1 fully saturated rings. The van der Waals surface area contributed by atoms with E-state index in [1.54, 1.807) is 46.2 Å². The minimum absolute atomic E-state index is 0.00978. The maximum absolute atomic E-state index is 14.7. The summed E-state index contributed by atoms with van der Waals surface area (Å²) in [7, 11) is 3.19. The van der Waals surface area contributed by atoms with E-state index in [1.165, 1.54) is 16.8 Å². The van der Waals surface area contributed by atoms with Gasteiger partial charge in [0.25, 0.3) is 5.91 Å². The van der Waals surface area contributed by atoms with Gasteiger partial charge in [-0.3, -0.25) is 19.3 Å². The summed E-state index contributed by atoms with van der Waals surface area (Å²) in [6, 6.07) is 5.86. The zero-order chi connectivity index (χ0) is 25.0. The van der Waals surface area contributed by atoms with Gasteiger partial charge in [-0.2, -0.15) is 5.10 Å². The number of halogens is 3. The van der Waals surface area contributed by atoms with Crippen LogP contribution in [0.3, 0.4) is 0 Å². The summed E-state index contributed by atoms with van der Waals surface area (Å²) in [6.45, 7) is 3.39. The first-order chi connectivity index (χ1) is 16.0. The van der Waals surface area contributed by atoms with Crippen molar-refractivity contribution in [3.05, 3.63) is 41.7 Å². The number of hydrogen-bond acceptors (Lipinski definition) is 4. The number of hydrogen-bond donors (Lipinski definition) is 2. The van der Waals surface area contributed by atoms with Crippen molar-refractivity contribution in [3.8, 4) is 11.3 Å². The van der Waals surface area contributed by atoms with Gasteiger partial charge in [-0.25, -0.2) is 13.2 Å². The predicted octanol–water partition coefficient (Wildman–Crippen LogP) is 4.97. The third-order valence-corrected chi connectivity index (χ3v) is 5.99. The molecule has 1 heterocycles. The average Bonchev–Trinajstić information content (AvgIpc) is 3.15. The quantitative estimate of drug-likeness (QED) is 0.457. The standard InChI is InChI=1S/C24H28F3N5O2/c1-5-17(14(2)28-3)23(34)29-19-7-6-16(12-18(19)25)20-13-21(32(4)31-20)30-22(33)15-8-10-24(26,27)11-9-15/h5-7,12-13,15H,8-11H2,1-4H3,(H,29,34)(H,30,33)/b17-5+,28-14?. The lowest BCUT2D eigenvalue weighted by Crippen LogP contribution is -2.32. The fraction of sp³-hybridized carbons (Fsp3) is 0.417. The molecule has 0 atom stereocenters. The Balaban J connectivity index is 1.71. The van der Waals surface area contributed by atoms with Gasteiger partial charge in [0.2, 0.25) is 11.8 Å². The van der Waals surface area contributed by atoms with Crippen LogP contribution in [0.4, 0.5) is 24.7 Å². The van der Waals surface area contributed by atoms with Crippen molar-refractivity contribution in [1.29, 1.82) is 0 Å². The highest BCUT2D eigenvalue weighted by atomic mass is 19.3. The smallest absolute Gasteiger partial charge is 0.257 e. The Morgan fingerprint density at radius 3 is 2.47 bits per heavy atom. The lowest BCUT2D eigenvalue weighted by molar-refractivity contribution is -0.124. The highest BCUT2D eigenvalue weighted by molar-refractivity contribution is 6.24. The Bertz CT molecular complexity index is 1140. The molecule has 0 saturated heterocycles. The van der Waals surface area contributed by atoms with E-state index in [-0.39, 0.29) is 37.3 Å². The van der Waals surface area contributed by atoms with Crippen molar-refractivity contribution in [2.75, 3.05) is 17.7 Å². The van der Waals surface area contributed by atoms with Crippen LogP contribution in [0.2, 0.25) is 0 Å². The predicted molar refractivity (Wildman–Crippen MR) is 126 cm³/mol. The SMILES string of the molecule is C/C=C(/C(=O)Nc1ccc(-c2cc(NC(=O)C3CCC(F)(F)CC3)n(C)n2)cc1F)C(C)=NC. The number of benzene rings is 1. The number of carbonyl (C=O) groups is 2. The molecule has 1 saturated carbocycles. The molecule has 2 aromatic rings. The van der Waals surface area contributed by atoms with Crippen LogP contribution < -0.4 is 10.6 Å². The molecule has 1 aromatic carbocycles. The van der Waals surface area contributed by atoms with E-state index >= 15 is 0 Å². The topological polar surface area (TPSA) is 88.4 Å². The van der Waals surface area contributed by atoms with Crippen molar-refractivity contribution in [1.82, 2.24) is 9.78 Å². The van der Waals surface area contributed by atoms with Crippen molar-refractivity contribution in [3.63, 3.8) is 0 Å². The van der Waals surface area contributed by atoms with E-state index in [9.17, 15) is 22.8 Å². The number of allylic oxidation sites excluding steroid dienone is 1. The summed E-state index contributed by atoms with van der Waals surface area (Å²) in [5.74, 6) is -4.26. The van der Waals surface area contributed by atoms with Crippen LogP contribution in [0.5, 0.6) is 0 Å². The maximum atomic E-state index is 14.7. The summed E-state index contributed by atoms with van der Waals surface area (Å²) in [5, 5.41) is 9.59. The lowest BCUT2D eigenvalue weighted by Gasteiger charge is -2.27. The Kier molecular flexibility index (Phi) is 7.58. The van der Waals surface area contributed by atoms with Gasteiger partial charge < -0.3 is 10.6 Å². The summed E-state index contributed by atoms with van der Waals surface area (Å²) in [4.78, 5) is 28.9. The van der Waals surface area contributed by atoms with Crippen molar-refractivity contribution >= 4 is 29.0 Å². The molecule has 3 rings (SSSR count). The molecular weight excluding hydrogens is 447 g/mol. The van der Waals surface area contributed by atoms with Crippen LogP contribution in [0.1, 0.15) is 39.5 Å². The van der Waals surface area contributed by atoms with Crippen LogP contribution in [0, 0.1) is 11.7 Å². The van der Waals surface area contributed by atoms with Crippen molar-refractivity contribution in [2.45, 2.75) is 45.5 Å². The summed E-state index contributed by atoms with van der Waals surface area (Å²) >= 11 is 0. The van der Waals surface area contributed by atoms with Gasteiger partial charge in [0.05, 0.1) is 17.0 Å². The Morgan fingerprint density at radius 1 is 1.21 bits per heavy atom. The summed E-state index contributed by atoms with van der Waals surface area (Å²) in [5.41, 5.74) is 1.74. The molecule has 1 aliphatic rings. The minimum Gasteiger partial charge on any atom is -0.319 e. The molecular formula is C24H28F3N5O2. The van der Waals surface area contributed by atoms with Gasteiger partial charge in [0, 0.05) is 50.2 Å². The summed E-state index contributed by atoms with van der Waals surface area (Å²) < 4.78 is 42.9. The number of aromatic nitrogens is 2. The molecule has 0 radical (unpaired) electrons. The van der Waals surface area contributed by atoms with E-state index in [0.717, 1.165) is 0 Å². The van der Waals surface area contributed by atoms with E-state index in [0.29, 0.717) is 28.4 Å². The molecule has 1 aromatic heterocycles. The maximum Gasteiger partial charge on any atom is 0.257 e. The second kappa shape index (κ2) is 10.2. The number of anilines is 2. The van der Waals surface area contributed by atoms with Gasteiger partial charge in [-0.1, -0.05) is 12.1 Å². The van der Waals surface area contributed by atoms with Crippen LogP contribution in [-0.2, 0) is 16.6 Å². The highest BCUT2D eigenvalue weighted by Gasteiger charge is 2.37. The third kappa shape index (κ3) is 5.73. The normalized spacial score (nSPS) is 16.9. The average molecular weight is 476 g/mol. The zero-order valence-electron chi connectivity index (χ0n) is 19.6. The second-order valence-electron chi connectivity index (χ2n) is 8.32. The molecule has 0 spiro atoms. The number of nitrogens with one attached hydrogen (secondary N) is 2. The molecule has 1 aliphatic carbocycles. The van der Waals surface area contributed by atoms with Gasteiger partial charge in [-0.05, 0) is 38.8 Å². The van der Waals surface area contributed by atoms with Crippen LogP contribution in [0.15, 0.2) is 40.9 Å². The first kappa shape index (κ1) is 25.2. The van der Waals surface area contributed by atoms with E-state index in [1.807, 2.05) is 0 Å². The number of nitrogens with zero attached hydrogens (tertiary/aromatic N) is 3. The molecule has 0 bridgehead atoms. The van der Waals surface area contributed by atoms with Crippen LogP contribution >= 0.6 is 0 Å². The number of alkyl halides is 2. The minimum atomic E-state index is -2.71. The first-order valence-electron chi connectivity index (χ1n) is 11.0. The Labute approximate surface area is 196 Å². The van der Waals surface area contributed by atoms with Gasteiger partial charge in [0.15, 0.2) is 0 Å². The van der Waals surface area contributed by atoms with E-state index in [2.05, 4.69) is 20.7 Å². The molecule has 34 heavy (non-hydrogen) atoms. The Hall–Kier alpha value is -3.43. The molecule has 0 aliphatic heterocycles. The first-order valence-corrected chi connectivity index (χ1v) is 11.0. The van der Waals surface area contributed by atoms with Crippen molar-refractivity contribution in [2.24, 2.45) is 18.0 Å². The number of amides is 2. The largest absolute Gasteiger partial charge is 0.319 e. The van der Waals surface area contributed by atoms with Crippen LogP contribution in [-0.4, -0.2) is 40.3 Å². The van der Waals surface area contributed by atoms with Crippen molar-refractivity contribution < 1.29 is 22.8 Å². The van der Waals surface area contributed by atoms with Crippen LogP contribution in [0.25, 0.3) is 11.3 Å². The highest BCUT2D eigenvalue weighted by Crippen LogP contribution is 2.36. The van der Waals surface area contributed by atoms with E-state index < -0.39 is 23.6 Å². The molecule has 2 amide bonds. The van der Waals surface area contributed by atoms with Gasteiger partial charge in [-0.15, -0.1) is 0 Å². The number of aliphatic imine (C=N–C) groups is 1. The monoisotopic (exact) mass is 475 g/mol. The number of rotatable bonds is 6. The number of aryl methyl sites for hydroxylation is 1. The lowest BCUT2D eigenvalue weighted by atomic mass is 9.86. The molecule has 10 heteroatoms. The third-order valence-electron chi connectivity index (χ3n) is 5.99. The molecule has 7 nitrogen and oxygen atoms in total. The summed E-state index contributed by atoms with van der Waals surface area (Å²) in [6.07, 6.45) is 1.25. The second-order valence-corrected chi connectivity index (χ2v) is 8.32. The number of carbonyl (C=O) groups excluding carboxylic acids is 2. The van der Waals surface area contributed by atoms with Gasteiger partial charge >= 0.3 is 0 Å². The Morgan fingerprint density at radius 2 is 1.88 bits per heavy atom. The fourth-order valence-electron chi connectivity index (χ4n) is 3.85. The molecule has 0 unspecified atom stereocenters. The fourth-order valence-corrected chi connectivity index (χ4v) is 3.85. The van der Waals surface area contributed by atoms with E-state index in [4.69, 9.17) is 0 Å². The molecule has 2 N–H and O–H groups in total. The zero-order valence-corrected chi connectivity index (χ0v) is 19.6. The molecule has 182 valence electrons. The van der Waals surface area contributed by atoms with Gasteiger partial charge in [0.1, 0.15) is 11.6 Å².